The number of thioether (sulfide) groups is 1. The molecule has 154 valence electrons. The highest BCUT2D eigenvalue weighted by molar-refractivity contribution is 8.26. The largest absolute Gasteiger partial charge is 0.507 e. The van der Waals surface area contributed by atoms with Crippen molar-refractivity contribution in [3.05, 3.63) is 64.3 Å². The van der Waals surface area contributed by atoms with Gasteiger partial charge in [-0.2, -0.15) is 0 Å². The van der Waals surface area contributed by atoms with E-state index in [2.05, 4.69) is 5.32 Å². The molecule has 0 aromatic heterocycles. The van der Waals surface area contributed by atoms with Crippen molar-refractivity contribution in [3.8, 4) is 5.75 Å². The number of carbonyl (C=O) groups is 3. The average Bonchev–Trinajstić information content (AvgIpc) is 2.97. The molecule has 30 heavy (non-hydrogen) atoms. The lowest BCUT2D eigenvalue weighted by molar-refractivity contribution is -0.129. The Morgan fingerprint density at radius 2 is 1.90 bits per heavy atom. The smallest absolute Gasteiger partial charge is 0.339 e. The number of halogens is 1. The summed E-state index contributed by atoms with van der Waals surface area (Å²) < 4.78 is 13.2. The predicted molar refractivity (Wildman–Crippen MR) is 115 cm³/mol. The first-order valence-corrected chi connectivity index (χ1v) is 9.79. The Labute approximate surface area is 180 Å². The third-order valence-electron chi connectivity index (χ3n) is 4.25. The monoisotopic (exact) mass is 446 g/mol. The summed E-state index contributed by atoms with van der Waals surface area (Å²) in [6, 6.07) is 8.20. The SMILES string of the molecule is C[C@H](C(=O)Nc1ccc(O)c(C(=O)O)c1)N1C(=O)/C(=C/c2ccc(F)cc2)SC1=S. The molecule has 1 saturated heterocycles. The number of carboxylic acids is 1. The van der Waals surface area contributed by atoms with Gasteiger partial charge in [-0.1, -0.05) is 36.1 Å². The third-order valence-corrected chi connectivity index (χ3v) is 5.58. The number of carbonyl (C=O) groups excluding carboxylic acids is 2. The summed E-state index contributed by atoms with van der Waals surface area (Å²) in [6.07, 6.45) is 1.56. The molecule has 7 nitrogen and oxygen atoms in total. The zero-order valence-electron chi connectivity index (χ0n) is 15.5. The van der Waals surface area contributed by atoms with Crippen LogP contribution in [0.2, 0.25) is 0 Å². The molecule has 2 aromatic rings. The van der Waals surface area contributed by atoms with Crippen molar-refractivity contribution in [3.63, 3.8) is 0 Å². The molecule has 0 spiro atoms. The Kier molecular flexibility index (Phi) is 6.18. The van der Waals surface area contributed by atoms with Gasteiger partial charge in [-0.15, -0.1) is 0 Å². The van der Waals surface area contributed by atoms with Crippen molar-refractivity contribution in [2.45, 2.75) is 13.0 Å². The zero-order chi connectivity index (χ0) is 22.0. The number of carboxylic acid groups (broad SMARTS) is 1. The molecular formula is C20H15FN2O5S2. The van der Waals surface area contributed by atoms with Crippen LogP contribution in [0.5, 0.6) is 5.75 Å². The summed E-state index contributed by atoms with van der Waals surface area (Å²) in [5, 5.41) is 21.1. The van der Waals surface area contributed by atoms with Gasteiger partial charge in [0.05, 0.1) is 4.91 Å². The molecule has 2 amide bonds. The van der Waals surface area contributed by atoms with E-state index in [0.29, 0.717) is 10.5 Å². The standard InChI is InChI=1S/C20H15FN2O5S2/c1-10(17(25)22-13-6-7-15(24)14(9-13)19(27)28)23-18(26)16(30-20(23)29)8-11-2-4-12(21)5-3-11/h2-10,24H,1H3,(H,22,25)(H,27,28)/b16-8-/t10-/m1/s1. The second kappa shape index (κ2) is 8.64. The summed E-state index contributed by atoms with van der Waals surface area (Å²) >= 11 is 6.27. The summed E-state index contributed by atoms with van der Waals surface area (Å²) in [5.74, 6) is -3.23. The number of aromatic carboxylic acids is 1. The highest BCUT2D eigenvalue weighted by Gasteiger charge is 2.38. The van der Waals surface area contributed by atoms with Gasteiger partial charge >= 0.3 is 5.97 Å². The van der Waals surface area contributed by atoms with E-state index in [4.69, 9.17) is 17.3 Å². The van der Waals surface area contributed by atoms with Gasteiger partial charge in [0.15, 0.2) is 0 Å². The van der Waals surface area contributed by atoms with Gasteiger partial charge in [-0.05, 0) is 48.9 Å². The Balaban J connectivity index is 1.76. The Hall–Kier alpha value is -3.24. The van der Waals surface area contributed by atoms with Crippen LogP contribution in [-0.4, -0.2) is 43.3 Å². The van der Waals surface area contributed by atoms with Gasteiger partial charge in [0, 0.05) is 5.69 Å². The van der Waals surface area contributed by atoms with Crippen molar-refractivity contribution >= 4 is 57.8 Å². The summed E-state index contributed by atoms with van der Waals surface area (Å²) in [6.45, 7) is 1.49. The maximum absolute atomic E-state index is 13.1. The van der Waals surface area contributed by atoms with E-state index in [1.165, 1.54) is 37.3 Å². The van der Waals surface area contributed by atoms with Gasteiger partial charge in [-0.25, -0.2) is 9.18 Å². The number of amides is 2. The molecule has 2 aromatic carbocycles. The van der Waals surface area contributed by atoms with E-state index < -0.39 is 35.4 Å². The van der Waals surface area contributed by atoms with Crippen LogP contribution in [0.25, 0.3) is 6.08 Å². The topological polar surface area (TPSA) is 107 Å². The molecule has 0 bridgehead atoms. The Morgan fingerprint density at radius 3 is 2.53 bits per heavy atom. The van der Waals surface area contributed by atoms with Crippen LogP contribution < -0.4 is 5.32 Å². The average molecular weight is 446 g/mol. The van der Waals surface area contributed by atoms with Crippen molar-refractivity contribution in [2.75, 3.05) is 5.32 Å². The Bertz CT molecular complexity index is 1090. The lowest BCUT2D eigenvalue weighted by atomic mass is 10.1. The molecule has 1 aliphatic rings. The van der Waals surface area contributed by atoms with Gasteiger partial charge in [0.25, 0.3) is 5.91 Å². The lowest BCUT2D eigenvalue weighted by Crippen LogP contribution is -2.44. The van der Waals surface area contributed by atoms with Crippen molar-refractivity contribution < 1.29 is 29.0 Å². The molecule has 0 saturated carbocycles. The van der Waals surface area contributed by atoms with E-state index >= 15 is 0 Å². The molecule has 1 heterocycles. The minimum absolute atomic E-state index is 0.148. The number of aromatic hydroxyl groups is 1. The van der Waals surface area contributed by atoms with E-state index in [9.17, 15) is 23.9 Å². The van der Waals surface area contributed by atoms with Gasteiger partial charge in [-0.3, -0.25) is 14.5 Å². The van der Waals surface area contributed by atoms with Crippen LogP contribution in [-0.2, 0) is 9.59 Å². The van der Waals surface area contributed by atoms with Gasteiger partial charge in [0.2, 0.25) is 5.91 Å². The van der Waals surface area contributed by atoms with Crippen LogP contribution in [0.15, 0.2) is 47.4 Å². The lowest BCUT2D eigenvalue weighted by Gasteiger charge is -2.22. The van der Waals surface area contributed by atoms with Crippen LogP contribution in [0.1, 0.15) is 22.8 Å². The summed E-state index contributed by atoms with van der Waals surface area (Å²) in [5.41, 5.74) is 0.391. The second-order valence-electron chi connectivity index (χ2n) is 6.31. The first-order chi connectivity index (χ1) is 14.2. The van der Waals surface area contributed by atoms with Crippen LogP contribution in [0, 0.1) is 5.82 Å². The number of nitrogens with one attached hydrogen (secondary N) is 1. The maximum Gasteiger partial charge on any atom is 0.339 e. The predicted octanol–water partition coefficient (Wildman–Crippen LogP) is 3.46. The molecule has 0 radical (unpaired) electrons. The molecule has 1 aliphatic heterocycles. The highest BCUT2D eigenvalue weighted by Crippen LogP contribution is 2.34. The normalized spacial score (nSPS) is 16.1. The number of nitrogens with zero attached hydrogens (tertiary/aromatic N) is 1. The number of thiocarbonyl (C=S) groups is 1. The van der Waals surface area contributed by atoms with E-state index in [-0.39, 0.29) is 15.6 Å². The number of anilines is 1. The number of rotatable bonds is 5. The van der Waals surface area contributed by atoms with Crippen molar-refractivity contribution in [1.82, 2.24) is 4.90 Å². The molecule has 1 fully saturated rings. The fourth-order valence-corrected chi connectivity index (χ4v) is 4.09. The first kappa shape index (κ1) is 21.5. The van der Waals surface area contributed by atoms with Crippen LogP contribution in [0.3, 0.4) is 0 Å². The third kappa shape index (κ3) is 4.50. The number of benzene rings is 2. The van der Waals surface area contributed by atoms with Crippen LogP contribution in [0.4, 0.5) is 10.1 Å². The quantitative estimate of drug-likeness (QED) is 0.367. The molecular weight excluding hydrogens is 431 g/mol. The second-order valence-corrected chi connectivity index (χ2v) is 7.98. The molecule has 10 heteroatoms. The maximum atomic E-state index is 13.1. The van der Waals surface area contributed by atoms with Gasteiger partial charge < -0.3 is 15.5 Å². The number of hydrogen-bond acceptors (Lipinski definition) is 6. The highest BCUT2D eigenvalue weighted by atomic mass is 32.2. The molecule has 1 atom stereocenters. The van der Waals surface area contributed by atoms with Crippen molar-refractivity contribution in [2.24, 2.45) is 0 Å². The van der Waals surface area contributed by atoms with E-state index in [1.807, 2.05) is 0 Å². The summed E-state index contributed by atoms with van der Waals surface area (Å²) in [7, 11) is 0. The minimum Gasteiger partial charge on any atom is -0.507 e. The molecule has 3 rings (SSSR count). The van der Waals surface area contributed by atoms with E-state index in [1.54, 1.807) is 6.08 Å². The summed E-state index contributed by atoms with van der Waals surface area (Å²) in [4.78, 5) is 37.9. The van der Waals surface area contributed by atoms with Gasteiger partial charge in [0.1, 0.15) is 27.5 Å². The minimum atomic E-state index is -1.35. The zero-order valence-corrected chi connectivity index (χ0v) is 17.1. The van der Waals surface area contributed by atoms with Crippen LogP contribution >= 0.6 is 24.0 Å². The molecule has 3 N–H and O–H groups in total. The van der Waals surface area contributed by atoms with Crippen molar-refractivity contribution in [1.29, 1.82) is 0 Å². The fourth-order valence-electron chi connectivity index (χ4n) is 2.67. The van der Waals surface area contributed by atoms with E-state index in [0.717, 1.165) is 28.8 Å². The molecule has 0 aliphatic carbocycles. The first-order valence-electron chi connectivity index (χ1n) is 8.57. The number of hydrogen-bond donors (Lipinski definition) is 3. The Morgan fingerprint density at radius 1 is 1.23 bits per heavy atom. The fraction of sp³-hybridized carbons (Fsp3) is 0.100. The number of phenols is 1. The molecule has 0 unspecified atom stereocenters.